The molecule has 3 rings (SSSR count). The fourth-order valence-electron chi connectivity index (χ4n) is 2.56. The summed E-state index contributed by atoms with van der Waals surface area (Å²) in [7, 11) is 0. The van der Waals surface area contributed by atoms with E-state index in [0.717, 1.165) is 19.4 Å². The second kappa shape index (κ2) is 4.94. The maximum atomic E-state index is 3.80. The van der Waals surface area contributed by atoms with Gasteiger partial charge in [0.15, 0.2) is 0 Å². The molecular weight excluding hydrogens is 232 g/mol. The van der Waals surface area contributed by atoms with E-state index in [9.17, 15) is 0 Å². The minimum Gasteiger partial charge on any atom is -0.358 e. The number of fused-ring (bicyclic) bond motifs is 3. The number of hydrogen-bond donors (Lipinski definition) is 2. The highest BCUT2D eigenvalue weighted by molar-refractivity contribution is 5.85. The smallest absolute Gasteiger partial charge is 0.0459 e. The van der Waals surface area contributed by atoms with Gasteiger partial charge in [0.25, 0.3) is 0 Å². The maximum Gasteiger partial charge on any atom is 0.0459 e. The van der Waals surface area contributed by atoms with Gasteiger partial charge in [-0.1, -0.05) is 24.3 Å². The first kappa shape index (κ1) is 12.2. The number of aromatic nitrogens is 1. The molecular formula is C14H17ClN2. The van der Waals surface area contributed by atoms with Crippen LogP contribution >= 0.6 is 12.4 Å². The van der Waals surface area contributed by atoms with E-state index in [1.807, 2.05) is 6.08 Å². The van der Waals surface area contributed by atoms with E-state index >= 15 is 0 Å². The quantitative estimate of drug-likeness (QED) is 0.785. The Bertz CT molecular complexity index is 530. The monoisotopic (exact) mass is 248 g/mol. The number of rotatable bonds is 2. The molecule has 17 heavy (non-hydrogen) atoms. The van der Waals surface area contributed by atoms with E-state index in [1.54, 1.807) is 0 Å². The molecule has 1 aromatic carbocycles. The van der Waals surface area contributed by atoms with Gasteiger partial charge in [0.2, 0.25) is 0 Å². The van der Waals surface area contributed by atoms with Crippen molar-refractivity contribution in [3.8, 4) is 0 Å². The third kappa shape index (κ3) is 2.11. The molecule has 1 unspecified atom stereocenters. The number of H-pyrrole nitrogens is 1. The van der Waals surface area contributed by atoms with Crippen molar-refractivity contribution in [1.82, 2.24) is 10.3 Å². The lowest BCUT2D eigenvalue weighted by molar-refractivity contribution is 0.481. The van der Waals surface area contributed by atoms with E-state index in [0.29, 0.717) is 6.04 Å². The molecule has 2 aromatic rings. The topological polar surface area (TPSA) is 27.8 Å². The van der Waals surface area contributed by atoms with E-state index in [2.05, 4.69) is 41.1 Å². The van der Waals surface area contributed by atoms with Crippen molar-refractivity contribution in [2.24, 2.45) is 0 Å². The third-order valence-electron chi connectivity index (χ3n) is 3.37. The molecule has 0 aliphatic carbocycles. The zero-order valence-corrected chi connectivity index (χ0v) is 10.5. The van der Waals surface area contributed by atoms with Gasteiger partial charge in [-0.25, -0.2) is 0 Å². The Labute approximate surface area is 108 Å². The lowest BCUT2D eigenvalue weighted by atomic mass is 9.99. The fourth-order valence-corrected chi connectivity index (χ4v) is 2.56. The summed E-state index contributed by atoms with van der Waals surface area (Å²) < 4.78 is 0. The number of halogens is 1. The van der Waals surface area contributed by atoms with Crippen LogP contribution in [0.15, 0.2) is 36.9 Å². The zero-order chi connectivity index (χ0) is 11.0. The van der Waals surface area contributed by atoms with Crippen molar-refractivity contribution in [2.45, 2.75) is 25.4 Å². The highest BCUT2D eigenvalue weighted by Crippen LogP contribution is 2.26. The van der Waals surface area contributed by atoms with E-state index < -0.39 is 0 Å². The normalized spacial score (nSPS) is 18.5. The molecule has 0 saturated heterocycles. The molecule has 90 valence electrons. The lowest BCUT2D eigenvalue weighted by Gasteiger charge is -2.22. The fraction of sp³-hybridized carbons (Fsp3) is 0.286. The Hall–Kier alpha value is -1.25. The summed E-state index contributed by atoms with van der Waals surface area (Å²) in [4.78, 5) is 3.53. The summed E-state index contributed by atoms with van der Waals surface area (Å²) in [6.45, 7) is 4.77. The molecule has 0 saturated carbocycles. The molecule has 0 radical (unpaired) electrons. The van der Waals surface area contributed by atoms with Gasteiger partial charge in [-0.2, -0.15) is 0 Å². The standard InChI is InChI=1S/C14H16N2.ClH/c1-2-5-10-8-14-12(9-15-10)11-6-3-4-7-13(11)16-14;/h2-4,6-7,10,15-16H,1,5,8-9H2;1H. The van der Waals surface area contributed by atoms with Crippen LogP contribution < -0.4 is 5.32 Å². The number of benzene rings is 1. The number of hydrogen-bond acceptors (Lipinski definition) is 1. The Morgan fingerprint density at radius 3 is 3.00 bits per heavy atom. The molecule has 0 bridgehead atoms. The average Bonchev–Trinajstić information content (AvgIpc) is 2.67. The summed E-state index contributed by atoms with van der Waals surface area (Å²) >= 11 is 0. The van der Waals surface area contributed by atoms with Crippen molar-refractivity contribution < 1.29 is 0 Å². The minimum atomic E-state index is 0. The average molecular weight is 249 g/mol. The molecule has 0 amide bonds. The molecule has 2 heterocycles. The van der Waals surface area contributed by atoms with Crippen LogP contribution in [0.1, 0.15) is 17.7 Å². The van der Waals surface area contributed by atoms with Crippen LogP contribution in [0.4, 0.5) is 0 Å². The van der Waals surface area contributed by atoms with E-state index in [1.165, 1.54) is 22.2 Å². The SMILES string of the molecule is C=CCC1Cc2[nH]c3ccccc3c2CN1.Cl. The number of nitrogens with one attached hydrogen (secondary N) is 2. The van der Waals surface area contributed by atoms with Crippen LogP contribution in [-0.2, 0) is 13.0 Å². The molecule has 2 nitrogen and oxygen atoms in total. The van der Waals surface area contributed by atoms with Crippen molar-refractivity contribution in [3.05, 3.63) is 48.2 Å². The summed E-state index contributed by atoms with van der Waals surface area (Å²) in [5.74, 6) is 0. The molecule has 0 fully saturated rings. The van der Waals surface area contributed by atoms with Gasteiger partial charge in [0.1, 0.15) is 0 Å². The van der Waals surface area contributed by atoms with Gasteiger partial charge in [-0.05, 0) is 18.1 Å². The Kier molecular flexibility index (Phi) is 3.55. The van der Waals surface area contributed by atoms with Gasteiger partial charge in [-0.15, -0.1) is 19.0 Å². The zero-order valence-electron chi connectivity index (χ0n) is 9.70. The highest BCUT2D eigenvalue weighted by Gasteiger charge is 2.20. The maximum absolute atomic E-state index is 3.80. The number of para-hydroxylation sites is 1. The summed E-state index contributed by atoms with van der Waals surface area (Å²) in [5.41, 5.74) is 4.09. The predicted octanol–water partition coefficient (Wildman–Crippen LogP) is 3.18. The predicted molar refractivity (Wildman–Crippen MR) is 74.7 cm³/mol. The first-order chi connectivity index (χ1) is 7.88. The Morgan fingerprint density at radius 1 is 1.35 bits per heavy atom. The molecule has 1 aliphatic rings. The summed E-state index contributed by atoms with van der Waals surface area (Å²) in [5, 5.41) is 4.93. The van der Waals surface area contributed by atoms with Crippen molar-refractivity contribution in [3.63, 3.8) is 0 Å². The molecule has 1 aromatic heterocycles. The Balaban J connectivity index is 0.00000108. The van der Waals surface area contributed by atoms with Crippen LogP contribution in [0.3, 0.4) is 0 Å². The third-order valence-corrected chi connectivity index (χ3v) is 3.37. The van der Waals surface area contributed by atoms with Gasteiger partial charge >= 0.3 is 0 Å². The van der Waals surface area contributed by atoms with Gasteiger partial charge in [-0.3, -0.25) is 0 Å². The first-order valence-electron chi connectivity index (χ1n) is 5.81. The molecule has 1 aliphatic heterocycles. The minimum absolute atomic E-state index is 0. The van der Waals surface area contributed by atoms with Crippen molar-refractivity contribution >= 4 is 23.3 Å². The van der Waals surface area contributed by atoms with Crippen molar-refractivity contribution in [2.75, 3.05) is 0 Å². The van der Waals surface area contributed by atoms with Crippen LogP contribution in [0.5, 0.6) is 0 Å². The van der Waals surface area contributed by atoms with E-state index in [-0.39, 0.29) is 12.4 Å². The van der Waals surface area contributed by atoms with Crippen LogP contribution in [0.25, 0.3) is 10.9 Å². The summed E-state index contributed by atoms with van der Waals surface area (Å²) in [6.07, 6.45) is 4.11. The number of aromatic amines is 1. The van der Waals surface area contributed by atoms with E-state index in [4.69, 9.17) is 0 Å². The molecule has 3 heteroatoms. The Morgan fingerprint density at radius 2 is 2.18 bits per heavy atom. The van der Waals surface area contributed by atoms with Gasteiger partial charge < -0.3 is 10.3 Å². The van der Waals surface area contributed by atoms with Crippen LogP contribution in [-0.4, -0.2) is 11.0 Å². The van der Waals surface area contributed by atoms with Gasteiger partial charge in [0, 0.05) is 35.6 Å². The lowest BCUT2D eigenvalue weighted by Crippen LogP contribution is -2.34. The highest BCUT2D eigenvalue weighted by atomic mass is 35.5. The molecule has 1 atom stereocenters. The van der Waals surface area contributed by atoms with Crippen LogP contribution in [0, 0.1) is 0 Å². The molecule has 2 N–H and O–H groups in total. The second-order valence-corrected chi connectivity index (χ2v) is 4.43. The van der Waals surface area contributed by atoms with Crippen molar-refractivity contribution in [1.29, 1.82) is 0 Å². The van der Waals surface area contributed by atoms with Crippen LogP contribution in [0.2, 0.25) is 0 Å². The largest absolute Gasteiger partial charge is 0.358 e. The summed E-state index contributed by atoms with van der Waals surface area (Å²) in [6, 6.07) is 9.07. The second-order valence-electron chi connectivity index (χ2n) is 4.43. The van der Waals surface area contributed by atoms with Gasteiger partial charge in [0.05, 0.1) is 0 Å². The first-order valence-corrected chi connectivity index (χ1v) is 5.81. The molecule has 0 spiro atoms.